The molecule has 0 amide bonds. The molecule has 4 atom stereocenters. The van der Waals surface area contributed by atoms with E-state index in [0.29, 0.717) is 0 Å². The summed E-state index contributed by atoms with van der Waals surface area (Å²) in [7, 11) is 0. The Balaban J connectivity index is 2.09. The maximum Gasteiger partial charge on any atom is 0.228 e. The summed E-state index contributed by atoms with van der Waals surface area (Å²) in [5, 5.41) is 1.06. The molecule has 4 rings (SSSR count). The van der Waals surface area contributed by atoms with Gasteiger partial charge in [-0.05, 0) is 28.9 Å². The molecule has 34 valence electrons. The average Bonchev–Trinajstić information content (AvgIpc) is 2.17. The minimum absolute atomic E-state index is 1.06. The Morgan fingerprint density at radius 2 is 2.57 bits per heavy atom. The number of hydrogen-bond donors (Lipinski definition) is 0. The highest BCUT2D eigenvalue weighted by molar-refractivity contribution is 14.1. The zero-order valence-electron chi connectivity index (χ0n) is 3.82. The molecular formula is C5H4BI. The molecule has 0 N–H and O–H groups in total. The van der Waals surface area contributed by atoms with Gasteiger partial charge in [-0.1, -0.05) is 0 Å². The van der Waals surface area contributed by atoms with E-state index in [-0.39, 0.29) is 0 Å². The van der Waals surface area contributed by atoms with Crippen LogP contribution in [0.4, 0.5) is 0 Å². The minimum Gasteiger partial charge on any atom is -0.149 e. The quantitative estimate of drug-likeness (QED) is 0.413. The second kappa shape index (κ2) is 0.439. The summed E-state index contributed by atoms with van der Waals surface area (Å²) >= 11 is 2.63. The van der Waals surface area contributed by atoms with Crippen LogP contribution in [-0.4, -0.2) is 4.57 Å². The molecule has 4 unspecified atom stereocenters. The third-order valence-electron chi connectivity index (χ3n) is 3.93. The van der Waals surface area contributed by atoms with Crippen LogP contribution in [0.15, 0.2) is 0 Å². The van der Waals surface area contributed by atoms with Crippen LogP contribution in [-0.2, 0) is 0 Å². The first-order valence-electron chi connectivity index (χ1n) is 3.01. The molecule has 0 aromatic carbocycles. The zero-order chi connectivity index (χ0) is 4.44. The number of hydrogen-bond acceptors (Lipinski definition) is 0. The van der Waals surface area contributed by atoms with Gasteiger partial charge in [0.15, 0.2) is 0 Å². The third-order valence-corrected chi connectivity index (χ3v) is 5.68. The molecule has 7 heavy (non-hydrogen) atoms. The van der Waals surface area contributed by atoms with Crippen molar-refractivity contribution < 1.29 is 0 Å². The van der Waals surface area contributed by atoms with Crippen LogP contribution >= 0.6 is 22.4 Å². The van der Waals surface area contributed by atoms with Crippen LogP contribution in [0.25, 0.3) is 0 Å². The highest BCUT2D eigenvalue weighted by Crippen LogP contribution is 3.29. The first-order chi connectivity index (χ1) is 3.37. The van der Waals surface area contributed by atoms with Gasteiger partial charge in [0, 0.05) is 0 Å². The average molecular weight is 202 g/mol. The van der Waals surface area contributed by atoms with E-state index in [9.17, 15) is 0 Å². The second-order valence-corrected chi connectivity index (χ2v) is 4.95. The van der Waals surface area contributed by atoms with Gasteiger partial charge in [0.25, 0.3) is 0 Å². The molecular weight excluding hydrogens is 198 g/mol. The van der Waals surface area contributed by atoms with Crippen LogP contribution in [0.5, 0.6) is 0 Å². The van der Waals surface area contributed by atoms with Crippen LogP contribution < -0.4 is 0 Å². The number of halogens is 1. The summed E-state index contributed by atoms with van der Waals surface area (Å²) in [4.78, 5) is 0. The van der Waals surface area contributed by atoms with Gasteiger partial charge in [-0.15, -0.1) is 22.4 Å². The highest BCUT2D eigenvalue weighted by atomic mass is 127. The van der Waals surface area contributed by atoms with Gasteiger partial charge in [0.2, 0.25) is 4.57 Å². The Labute approximate surface area is 56.0 Å². The predicted octanol–water partition coefficient (Wildman–Crippen LogP) is 1.57. The topological polar surface area (TPSA) is 0 Å². The third kappa shape index (κ3) is 0.0939. The van der Waals surface area contributed by atoms with Gasteiger partial charge in [-0.25, -0.2) is 0 Å². The van der Waals surface area contributed by atoms with Crippen molar-refractivity contribution in [3.05, 3.63) is 0 Å². The maximum atomic E-state index is 2.63. The molecule has 0 bridgehead atoms. The summed E-state index contributed by atoms with van der Waals surface area (Å²) in [6.45, 7) is 0. The van der Waals surface area contributed by atoms with Gasteiger partial charge in [0.1, 0.15) is 0 Å². The van der Waals surface area contributed by atoms with Crippen molar-refractivity contribution in [1.82, 2.24) is 0 Å². The first-order valence-corrected chi connectivity index (χ1v) is 4.25. The van der Waals surface area contributed by atoms with Gasteiger partial charge in [-0.2, -0.15) is 0 Å². The largest absolute Gasteiger partial charge is 0.228 e. The van der Waals surface area contributed by atoms with Crippen molar-refractivity contribution in [3.8, 4) is 0 Å². The molecule has 3 saturated carbocycles. The van der Waals surface area contributed by atoms with Crippen molar-refractivity contribution in [2.24, 2.45) is 11.3 Å². The lowest BCUT2D eigenvalue weighted by atomic mass is 9.81. The second-order valence-electron chi connectivity index (χ2n) is 3.61. The Morgan fingerprint density at radius 1 is 1.71 bits per heavy atom. The molecule has 1 heterocycles. The fraction of sp³-hybridized carbons (Fsp3) is 1.00. The van der Waals surface area contributed by atoms with Crippen LogP contribution in [0.1, 0.15) is 6.42 Å². The molecule has 4 aliphatic rings. The monoisotopic (exact) mass is 202 g/mol. The van der Waals surface area contributed by atoms with Crippen molar-refractivity contribution in [2.45, 2.75) is 17.6 Å². The summed E-state index contributed by atoms with van der Waals surface area (Å²) in [5.74, 6) is 2.55. The van der Waals surface area contributed by atoms with E-state index in [4.69, 9.17) is 0 Å². The van der Waals surface area contributed by atoms with Gasteiger partial charge in [0.05, 0.1) is 0 Å². The molecule has 1 aliphatic heterocycles. The summed E-state index contributed by atoms with van der Waals surface area (Å²) in [5.41, 5.74) is 1.08. The lowest BCUT2D eigenvalue weighted by Gasteiger charge is -1.90. The fourth-order valence-corrected chi connectivity index (χ4v) is 5.70. The van der Waals surface area contributed by atoms with Gasteiger partial charge < -0.3 is 0 Å². The molecule has 3 aliphatic carbocycles. The van der Waals surface area contributed by atoms with Crippen molar-refractivity contribution in [3.63, 3.8) is 0 Å². The van der Waals surface area contributed by atoms with E-state index < -0.39 is 0 Å². The summed E-state index contributed by atoms with van der Waals surface area (Å²) < 4.78 is 1.16. The molecule has 2 spiro atoms. The standard InChI is InChI=1S/C5H4BI/c7-6-3-4-1-2(4)5(3,4)6/h2-3H,1H2. The van der Waals surface area contributed by atoms with Crippen LogP contribution in [0.2, 0.25) is 11.1 Å². The van der Waals surface area contributed by atoms with Gasteiger partial charge in [-0.3, -0.25) is 0 Å². The van der Waals surface area contributed by atoms with Crippen molar-refractivity contribution in [2.75, 3.05) is 0 Å². The Morgan fingerprint density at radius 3 is 2.57 bits per heavy atom. The van der Waals surface area contributed by atoms with E-state index >= 15 is 0 Å². The van der Waals surface area contributed by atoms with E-state index in [1.54, 1.807) is 6.42 Å². The molecule has 0 radical (unpaired) electrons. The lowest BCUT2D eigenvalue weighted by Crippen LogP contribution is -1.92. The van der Waals surface area contributed by atoms with Gasteiger partial charge >= 0.3 is 0 Å². The van der Waals surface area contributed by atoms with Crippen LogP contribution in [0.3, 0.4) is 0 Å². The van der Waals surface area contributed by atoms with Crippen molar-refractivity contribution in [1.29, 1.82) is 0 Å². The molecule has 4 fully saturated rings. The van der Waals surface area contributed by atoms with E-state index in [1.165, 1.54) is 11.7 Å². The Hall–Kier alpha value is 0.795. The summed E-state index contributed by atoms with van der Waals surface area (Å²) in [6.07, 6.45) is 1.64. The molecule has 2 heteroatoms. The van der Waals surface area contributed by atoms with E-state index in [0.717, 1.165) is 15.3 Å². The fourth-order valence-electron chi connectivity index (χ4n) is 3.27. The first kappa shape index (κ1) is 3.09. The SMILES string of the molecule is IB1C2C34CC3C124. The highest BCUT2D eigenvalue weighted by Gasteiger charge is 3.20. The lowest BCUT2D eigenvalue weighted by molar-refractivity contribution is 0.909. The molecule has 0 aromatic rings. The minimum atomic E-state index is 1.06. The Bertz CT molecular complexity index is 200. The molecule has 0 aromatic heterocycles. The number of rotatable bonds is 0. The molecule has 1 saturated heterocycles. The maximum absolute atomic E-state index is 2.63. The molecule has 0 nitrogen and oxygen atoms in total. The van der Waals surface area contributed by atoms with Crippen molar-refractivity contribution >= 4 is 26.9 Å². The Kier molecular flexibility index (Phi) is 0.194. The predicted molar refractivity (Wildman–Crippen MR) is 36.8 cm³/mol. The van der Waals surface area contributed by atoms with E-state index in [2.05, 4.69) is 22.4 Å². The summed E-state index contributed by atoms with van der Waals surface area (Å²) in [6, 6.07) is 0. The smallest absolute Gasteiger partial charge is 0.149 e. The zero-order valence-corrected chi connectivity index (χ0v) is 5.97. The van der Waals surface area contributed by atoms with E-state index in [1.807, 2.05) is 0 Å². The normalized spacial score (nSPS) is 94.7. The van der Waals surface area contributed by atoms with Crippen LogP contribution in [0, 0.1) is 11.3 Å².